The van der Waals surface area contributed by atoms with E-state index in [1.807, 2.05) is 0 Å². The van der Waals surface area contributed by atoms with Crippen molar-refractivity contribution in [2.24, 2.45) is 0 Å². The molecule has 7 nitrogen and oxygen atoms in total. The van der Waals surface area contributed by atoms with Gasteiger partial charge in [0.2, 0.25) is 0 Å². The van der Waals surface area contributed by atoms with Crippen molar-refractivity contribution in [1.29, 1.82) is 0 Å². The summed E-state index contributed by atoms with van der Waals surface area (Å²) in [6.45, 7) is 0.601. The predicted octanol–water partition coefficient (Wildman–Crippen LogP) is 0.505. The Labute approximate surface area is 125 Å². The molecule has 2 atom stereocenters. The molecule has 0 radical (unpaired) electrons. The summed E-state index contributed by atoms with van der Waals surface area (Å²) >= 11 is 0. The van der Waals surface area contributed by atoms with Gasteiger partial charge in [-0.2, -0.15) is 0 Å². The maximum Gasteiger partial charge on any atom is 0.414 e. The van der Waals surface area contributed by atoms with Crippen molar-refractivity contribution in [2.45, 2.75) is 12.3 Å². The van der Waals surface area contributed by atoms with Gasteiger partial charge in [0.25, 0.3) is 0 Å². The lowest BCUT2D eigenvalue weighted by Gasteiger charge is -2.22. The number of carbonyl (C=O) groups is 2. The monoisotopic (exact) mass is 310 g/mol. The predicted molar refractivity (Wildman–Crippen MR) is 74.3 cm³/mol. The average Bonchev–Trinajstić information content (AvgIpc) is 3.12. The van der Waals surface area contributed by atoms with Crippen LogP contribution in [0.5, 0.6) is 0 Å². The van der Waals surface area contributed by atoms with Gasteiger partial charge in [-0.3, -0.25) is 9.69 Å². The van der Waals surface area contributed by atoms with Crippen LogP contribution >= 0.6 is 0 Å². The van der Waals surface area contributed by atoms with Gasteiger partial charge in [0, 0.05) is 6.54 Å². The summed E-state index contributed by atoms with van der Waals surface area (Å²) in [5.74, 6) is -0.578. The van der Waals surface area contributed by atoms with E-state index in [4.69, 9.17) is 14.6 Å². The largest absolute Gasteiger partial charge is 0.447 e. The Morgan fingerprint density at radius 2 is 2.27 bits per heavy atom. The first-order valence-electron chi connectivity index (χ1n) is 6.86. The minimum absolute atomic E-state index is 0.185. The Bertz CT molecular complexity index is 597. The molecule has 0 saturated carbocycles. The van der Waals surface area contributed by atoms with E-state index in [0.29, 0.717) is 18.5 Å². The van der Waals surface area contributed by atoms with Gasteiger partial charge in [-0.15, -0.1) is 0 Å². The van der Waals surface area contributed by atoms with Crippen molar-refractivity contribution in [3.63, 3.8) is 0 Å². The molecule has 1 unspecified atom stereocenters. The number of nitrogens with zero attached hydrogens (tertiary/aromatic N) is 2. The number of hydrogen-bond donors (Lipinski definition) is 1. The lowest BCUT2D eigenvalue weighted by molar-refractivity contribution is -0.117. The summed E-state index contributed by atoms with van der Waals surface area (Å²) < 4.78 is 24.5. The number of hydrogen-bond acceptors (Lipinski definition) is 6. The molecule has 8 heteroatoms. The molecule has 2 fully saturated rings. The van der Waals surface area contributed by atoms with Crippen molar-refractivity contribution < 1.29 is 28.6 Å². The highest BCUT2D eigenvalue weighted by atomic mass is 19.1. The first-order valence-corrected chi connectivity index (χ1v) is 6.86. The molecule has 2 heterocycles. The minimum atomic E-state index is -0.936. The number of carbonyl (C=O) groups excluding carboxylic acids is 2. The Balaban J connectivity index is 1.86. The van der Waals surface area contributed by atoms with Crippen molar-refractivity contribution in [2.75, 3.05) is 36.1 Å². The SMILES string of the molecule is O=CC1O[C@@H](CO)CN1c1ccc(N2CCOC2=O)cc1F. The molecule has 2 saturated heterocycles. The first kappa shape index (κ1) is 14.7. The molecule has 0 spiro atoms. The maximum absolute atomic E-state index is 14.4. The number of anilines is 2. The van der Waals surface area contributed by atoms with Gasteiger partial charge in [-0.1, -0.05) is 0 Å². The summed E-state index contributed by atoms with van der Waals surface area (Å²) in [6.07, 6.45) is -1.43. The molecular formula is C14H15FN2O5. The number of benzene rings is 1. The number of cyclic esters (lactones) is 1. The van der Waals surface area contributed by atoms with Crippen molar-refractivity contribution in [1.82, 2.24) is 0 Å². The minimum Gasteiger partial charge on any atom is -0.447 e. The molecular weight excluding hydrogens is 295 g/mol. The quantitative estimate of drug-likeness (QED) is 0.816. The Kier molecular flexibility index (Phi) is 3.95. The number of rotatable bonds is 4. The Morgan fingerprint density at radius 1 is 1.45 bits per heavy atom. The Morgan fingerprint density at radius 3 is 2.86 bits per heavy atom. The highest BCUT2D eigenvalue weighted by Gasteiger charge is 2.34. The molecule has 2 aliphatic rings. The summed E-state index contributed by atoms with van der Waals surface area (Å²) in [5, 5.41) is 9.11. The van der Waals surface area contributed by atoms with E-state index < -0.39 is 24.2 Å². The number of aliphatic hydroxyl groups is 1. The van der Waals surface area contributed by atoms with Crippen LogP contribution in [-0.4, -0.2) is 56.1 Å². The van der Waals surface area contributed by atoms with Gasteiger partial charge < -0.3 is 19.5 Å². The van der Waals surface area contributed by atoms with E-state index in [1.165, 1.54) is 21.9 Å². The summed E-state index contributed by atoms with van der Waals surface area (Å²) in [7, 11) is 0. The topological polar surface area (TPSA) is 79.3 Å². The van der Waals surface area contributed by atoms with E-state index in [1.54, 1.807) is 6.07 Å². The second-order valence-corrected chi connectivity index (χ2v) is 5.02. The fraction of sp³-hybridized carbons (Fsp3) is 0.429. The zero-order valence-corrected chi connectivity index (χ0v) is 11.6. The zero-order chi connectivity index (χ0) is 15.7. The van der Waals surface area contributed by atoms with Gasteiger partial charge in [0.05, 0.1) is 24.5 Å². The van der Waals surface area contributed by atoms with Crippen molar-refractivity contribution in [3.05, 3.63) is 24.0 Å². The van der Waals surface area contributed by atoms with Crippen LogP contribution in [0.3, 0.4) is 0 Å². The molecule has 3 rings (SSSR count). The molecule has 0 bridgehead atoms. The molecule has 1 aromatic rings. The third kappa shape index (κ3) is 2.51. The molecule has 1 amide bonds. The second-order valence-electron chi connectivity index (χ2n) is 5.02. The fourth-order valence-electron chi connectivity index (χ4n) is 2.60. The fourth-order valence-corrected chi connectivity index (χ4v) is 2.60. The van der Waals surface area contributed by atoms with Gasteiger partial charge in [-0.25, -0.2) is 9.18 Å². The number of aliphatic hydroxyl groups excluding tert-OH is 1. The maximum atomic E-state index is 14.4. The van der Waals surface area contributed by atoms with E-state index in [-0.39, 0.29) is 25.4 Å². The molecule has 1 N–H and O–H groups in total. The van der Waals surface area contributed by atoms with Gasteiger partial charge in [0.15, 0.2) is 12.5 Å². The Hall–Kier alpha value is -2.19. The van der Waals surface area contributed by atoms with Crippen LogP contribution in [0.4, 0.5) is 20.6 Å². The number of amides is 1. The molecule has 118 valence electrons. The summed E-state index contributed by atoms with van der Waals surface area (Å²) in [6, 6.07) is 4.28. The first-order chi connectivity index (χ1) is 10.6. The van der Waals surface area contributed by atoms with Crippen LogP contribution in [0.15, 0.2) is 18.2 Å². The van der Waals surface area contributed by atoms with Crippen LogP contribution in [0.1, 0.15) is 0 Å². The zero-order valence-electron chi connectivity index (χ0n) is 11.6. The van der Waals surface area contributed by atoms with Gasteiger partial charge >= 0.3 is 6.09 Å². The normalized spacial score (nSPS) is 24.7. The lowest BCUT2D eigenvalue weighted by Crippen LogP contribution is -2.32. The molecule has 0 aliphatic carbocycles. The van der Waals surface area contributed by atoms with Gasteiger partial charge in [0.1, 0.15) is 18.5 Å². The summed E-state index contributed by atoms with van der Waals surface area (Å²) in [5.41, 5.74) is 0.578. The van der Waals surface area contributed by atoms with Crippen molar-refractivity contribution >= 4 is 23.8 Å². The highest BCUT2D eigenvalue weighted by Crippen LogP contribution is 2.30. The van der Waals surface area contributed by atoms with Gasteiger partial charge in [-0.05, 0) is 18.2 Å². The molecule has 0 aromatic heterocycles. The number of ether oxygens (including phenoxy) is 2. The van der Waals surface area contributed by atoms with Crippen molar-refractivity contribution in [3.8, 4) is 0 Å². The number of halogens is 1. The summed E-state index contributed by atoms with van der Waals surface area (Å²) in [4.78, 5) is 25.3. The van der Waals surface area contributed by atoms with Crippen LogP contribution in [-0.2, 0) is 14.3 Å². The third-order valence-electron chi connectivity index (χ3n) is 3.67. The molecule has 1 aromatic carbocycles. The average molecular weight is 310 g/mol. The van der Waals surface area contributed by atoms with E-state index in [9.17, 15) is 14.0 Å². The van der Waals surface area contributed by atoms with Crippen LogP contribution in [0.25, 0.3) is 0 Å². The van der Waals surface area contributed by atoms with Crippen LogP contribution in [0, 0.1) is 5.82 Å². The van der Waals surface area contributed by atoms with Crippen LogP contribution < -0.4 is 9.80 Å². The van der Waals surface area contributed by atoms with E-state index >= 15 is 0 Å². The highest BCUT2D eigenvalue weighted by molar-refractivity contribution is 5.89. The molecule has 22 heavy (non-hydrogen) atoms. The molecule has 2 aliphatic heterocycles. The smallest absolute Gasteiger partial charge is 0.414 e. The lowest BCUT2D eigenvalue weighted by atomic mass is 10.2. The van der Waals surface area contributed by atoms with Crippen LogP contribution in [0.2, 0.25) is 0 Å². The van der Waals surface area contributed by atoms with E-state index in [0.717, 1.165) is 0 Å². The second kappa shape index (κ2) is 5.90. The van der Waals surface area contributed by atoms with E-state index in [2.05, 4.69) is 0 Å². The number of aldehydes is 1. The third-order valence-corrected chi connectivity index (χ3v) is 3.67. The standard InChI is InChI=1S/C14H15FN2O5/c15-11-5-9(16-3-4-21-14(16)20)1-2-12(11)17-6-10(7-18)22-13(17)8-19/h1-2,5,8,10,13,18H,3-4,6-7H2/t10-,13?/m1/s1.